The molecule has 0 saturated heterocycles. The highest BCUT2D eigenvalue weighted by Gasteiger charge is 2.25. The summed E-state index contributed by atoms with van der Waals surface area (Å²) in [4.78, 5) is 26.7. The molecule has 0 heterocycles. The van der Waals surface area contributed by atoms with Gasteiger partial charge in [-0.25, -0.2) is 5.26 Å². The van der Waals surface area contributed by atoms with Crippen LogP contribution in [0.5, 0.6) is 40.2 Å². The number of hydrogen-bond donors (Lipinski definition) is 2. The zero-order valence-corrected chi connectivity index (χ0v) is 41.7. The molecular formula is C58H50O12S2. The van der Waals surface area contributed by atoms with Crippen molar-refractivity contribution in [1.82, 2.24) is 0 Å². The second-order valence-electron chi connectivity index (χ2n) is 17.9. The first-order valence-electron chi connectivity index (χ1n) is 22.6. The zero-order valence-electron chi connectivity index (χ0n) is 40.1. The van der Waals surface area contributed by atoms with Gasteiger partial charge in [0.1, 0.15) is 40.2 Å². The van der Waals surface area contributed by atoms with Gasteiger partial charge in [-0.3, -0.25) is 14.1 Å². The SMILES string of the molecule is COc1ccc(C(C)(C)c2ccc(Oc3ccc(C(=O)c4ccc(Oc5ccc(C(C)(C)c6ccc(Oc7ccc(C(=O)c8ccc(C)c(S(=O)(=O)O)c8)cc7SOOO)cc6)cc5)cc4)cc3)cc2)cc1. The molecule has 14 heteroatoms. The summed E-state index contributed by atoms with van der Waals surface area (Å²) in [5, 5.41) is 12.7. The number of methoxy groups -OCH3 is 1. The molecule has 0 aromatic heterocycles. The molecule has 12 nitrogen and oxygen atoms in total. The topological polar surface area (TPSA) is 164 Å². The van der Waals surface area contributed by atoms with E-state index in [0.29, 0.717) is 51.9 Å². The number of ketones is 2. The molecule has 72 heavy (non-hydrogen) atoms. The van der Waals surface area contributed by atoms with Crippen LogP contribution in [0.25, 0.3) is 0 Å². The van der Waals surface area contributed by atoms with Crippen LogP contribution >= 0.6 is 12.0 Å². The average Bonchev–Trinajstić information content (AvgIpc) is 3.38. The van der Waals surface area contributed by atoms with Gasteiger partial charge in [0.25, 0.3) is 10.1 Å². The highest BCUT2D eigenvalue weighted by Crippen LogP contribution is 2.39. The minimum Gasteiger partial charge on any atom is -0.497 e. The van der Waals surface area contributed by atoms with Gasteiger partial charge in [0.15, 0.2) is 11.6 Å². The van der Waals surface area contributed by atoms with E-state index < -0.39 is 21.3 Å². The summed E-state index contributed by atoms with van der Waals surface area (Å²) in [5.74, 6) is 3.44. The van der Waals surface area contributed by atoms with Gasteiger partial charge >= 0.3 is 0 Å². The first kappa shape index (κ1) is 50.8. The molecule has 2 N–H and O–H groups in total. The molecule has 0 amide bonds. The number of carbonyl (C=O) groups is 2. The van der Waals surface area contributed by atoms with Crippen LogP contribution in [-0.2, 0) is 30.3 Å². The predicted molar refractivity (Wildman–Crippen MR) is 275 cm³/mol. The van der Waals surface area contributed by atoms with Crippen LogP contribution < -0.4 is 18.9 Å². The van der Waals surface area contributed by atoms with Gasteiger partial charge in [0.2, 0.25) is 0 Å². The highest BCUT2D eigenvalue weighted by atomic mass is 32.2. The Balaban J connectivity index is 0.859. The van der Waals surface area contributed by atoms with E-state index in [1.165, 1.54) is 42.8 Å². The Morgan fingerprint density at radius 3 is 1.22 bits per heavy atom. The molecule has 0 aliphatic rings. The summed E-state index contributed by atoms with van der Waals surface area (Å²) in [6.07, 6.45) is 0. The molecule has 8 aromatic rings. The second kappa shape index (κ2) is 21.4. The molecule has 366 valence electrons. The van der Waals surface area contributed by atoms with E-state index >= 15 is 0 Å². The van der Waals surface area contributed by atoms with Crippen LogP contribution in [0.2, 0.25) is 0 Å². The Bertz CT molecular complexity index is 3320. The summed E-state index contributed by atoms with van der Waals surface area (Å²) >= 11 is 0.596. The average molecular weight is 1000 g/mol. The largest absolute Gasteiger partial charge is 0.497 e. The van der Waals surface area contributed by atoms with Crippen molar-refractivity contribution >= 4 is 33.7 Å². The maximum absolute atomic E-state index is 13.4. The zero-order chi connectivity index (χ0) is 51.2. The highest BCUT2D eigenvalue weighted by molar-refractivity contribution is 7.94. The predicted octanol–water partition coefficient (Wildman–Crippen LogP) is 14.2. The van der Waals surface area contributed by atoms with Gasteiger partial charge in [-0.05, 0) is 156 Å². The fourth-order valence-corrected chi connectivity index (χ4v) is 9.33. The quantitative estimate of drug-likeness (QED) is 0.0259. The molecule has 0 atom stereocenters. The molecule has 0 aliphatic heterocycles. The van der Waals surface area contributed by atoms with Crippen molar-refractivity contribution in [3.05, 3.63) is 232 Å². The van der Waals surface area contributed by atoms with Crippen LogP contribution in [-0.4, -0.2) is 36.9 Å². The third-order valence-corrected chi connectivity index (χ3v) is 14.2. The lowest BCUT2D eigenvalue weighted by molar-refractivity contribution is -0.432. The Morgan fingerprint density at radius 2 is 0.819 bits per heavy atom. The van der Waals surface area contributed by atoms with E-state index in [0.717, 1.165) is 28.5 Å². The number of benzene rings is 8. The molecule has 8 rings (SSSR count). The smallest absolute Gasteiger partial charge is 0.294 e. The Kier molecular flexibility index (Phi) is 15.1. The van der Waals surface area contributed by atoms with Crippen molar-refractivity contribution in [1.29, 1.82) is 0 Å². The number of carbonyl (C=O) groups excluding carboxylic acids is 2. The fourth-order valence-electron chi connectivity index (χ4n) is 8.11. The van der Waals surface area contributed by atoms with Gasteiger partial charge in [-0.2, -0.15) is 8.42 Å². The van der Waals surface area contributed by atoms with Gasteiger partial charge in [-0.15, -0.1) is 4.33 Å². The van der Waals surface area contributed by atoms with Crippen molar-refractivity contribution < 1.29 is 56.1 Å². The maximum Gasteiger partial charge on any atom is 0.294 e. The minimum absolute atomic E-state index is 0.0359. The van der Waals surface area contributed by atoms with Crippen molar-refractivity contribution in [2.75, 3.05) is 7.11 Å². The summed E-state index contributed by atoms with van der Waals surface area (Å²) < 4.78 is 61.8. The summed E-state index contributed by atoms with van der Waals surface area (Å²) in [7, 11) is -2.89. The normalized spacial score (nSPS) is 11.7. The van der Waals surface area contributed by atoms with E-state index in [9.17, 15) is 22.6 Å². The van der Waals surface area contributed by atoms with Crippen LogP contribution in [0.1, 0.15) is 87.4 Å². The summed E-state index contributed by atoms with van der Waals surface area (Å²) in [5.41, 5.74) is 5.24. The number of aryl methyl sites for hydroxylation is 1. The second-order valence-corrected chi connectivity index (χ2v) is 20.0. The lowest BCUT2D eigenvalue weighted by Crippen LogP contribution is -2.18. The molecule has 0 spiro atoms. The molecule has 0 bridgehead atoms. The monoisotopic (exact) mass is 1000 g/mol. The third kappa shape index (κ3) is 11.6. The van der Waals surface area contributed by atoms with Gasteiger partial charge in [0.05, 0.1) is 28.9 Å². The number of hydrogen-bond acceptors (Lipinski definition) is 12. The molecule has 0 saturated carbocycles. The summed E-state index contributed by atoms with van der Waals surface area (Å²) in [6, 6.07) is 54.0. The number of ether oxygens (including phenoxy) is 4. The lowest BCUT2D eigenvalue weighted by atomic mass is 9.78. The van der Waals surface area contributed by atoms with Crippen LogP contribution in [0, 0.1) is 6.92 Å². The van der Waals surface area contributed by atoms with E-state index in [-0.39, 0.29) is 43.4 Å². The van der Waals surface area contributed by atoms with Gasteiger partial charge in [0, 0.05) is 33.1 Å². The Morgan fingerprint density at radius 1 is 0.472 bits per heavy atom. The Hall–Kier alpha value is -7.56. The van der Waals surface area contributed by atoms with Crippen LogP contribution in [0.3, 0.4) is 0 Å². The number of rotatable bonds is 19. The molecule has 0 radical (unpaired) electrons. The van der Waals surface area contributed by atoms with Crippen LogP contribution in [0.15, 0.2) is 192 Å². The van der Waals surface area contributed by atoms with Crippen molar-refractivity contribution in [2.45, 2.75) is 55.2 Å². The van der Waals surface area contributed by atoms with Gasteiger partial charge < -0.3 is 18.9 Å². The standard InChI is InChI=1S/C58H50O12S2/c1-37-7-8-41(36-54(37)72(62,63)64)56(60)40-13-34-52(53(35-40)71-70-69-61)68-51-32-20-45(21-33-51)58(4,5)44-18-30-50(31-19-44)67-48-24-11-39(12-25-48)55(59)38-9-22-47(23-10-38)66-49-28-16-43(17-29-49)57(2,3)42-14-26-46(65-6)27-15-42/h7-36,61H,1-6H3,(H,62,63,64). The molecule has 0 unspecified atom stereocenters. The van der Waals surface area contributed by atoms with Crippen molar-refractivity contribution in [2.24, 2.45) is 0 Å². The molecule has 0 aliphatic carbocycles. The third-order valence-electron chi connectivity index (χ3n) is 12.6. The van der Waals surface area contributed by atoms with Crippen molar-refractivity contribution in [3.63, 3.8) is 0 Å². The molecular weight excluding hydrogens is 953 g/mol. The van der Waals surface area contributed by atoms with Crippen molar-refractivity contribution in [3.8, 4) is 40.2 Å². The molecule has 8 aromatic carbocycles. The van der Waals surface area contributed by atoms with E-state index in [4.69, 9.17) is 24.2 Å². The maximum atomic E-state index is 13.4. The first-order valence-corrected chi connectivity index (χ1v) is 24.8. The van der Waals surface area contributed by atoms with Crippen LogP contribution in [0.4, 0.5) is 0 Å². The fraction of sp³-hybridized carbons (Fsp3) is 0.138. The lowest BCUT2D eigenvalue weighted by Gasteiger charge is -2.26. The Labute approximate surface area is 422 Å². The first-order chi connectivity index (χ1) is 34.4. The van der Waals surface area contributed by atoms with Gasteiger partial charge in [-0.1, -0.05) is 93.4 Å². The summed E-state index contributed by atoms with van der Waals surface area (Å²) in [6.45, 7) is 10.1. The van der Waals surface area contributed by atoms with E-state index in [1.54, 1.807) is 67.8 Å². The molecule has 0 fully saturated rings. The minimum atomic E-state index is -4.55. The van der Waals surface area contributed by atoms with E-state index in [2.05, 4.69) is 61.3 Å². The van der Waals surface area contributed by atoms with E-state index in [1.807, 2.05) is 60.7 Å².